The number of hydrogen-bond acceptors (Lipinski definition) is 6. The highest BCUT2D eigenvalue weighted by atomic mass is 35.5. The van der Waals surface area contributed by atoms with Gasteiger partial charge in [-0.05, 0) is 37.5 Å². The van der Waals surface area contributed by atoms with Crippen LogP contribution in [0.2, 0.25) is 0 Å². The largest absolute Gasteiger partial charge is 0.468 e. The van der Waals surface area contributed by atoms with Crippen molar-refractivity contribution in [2.45, 2.75) is 102 Å². The van der Waals surface area contributed by atoms with Crippen LogP contribution < -0.4 is 11.1 Å². The topological polar surface area (TPSA) is 108 Å². The first-order valence-electron chi connectivity index (χ1n) is 11.7. The number of nitrogens with two attached hydrogens (primary N) is 1. The summed E-state index contributed by atoms with van der Waals surface area (Å²) >= 11 is 0. The van der Waals surface area contributed by atoms with Crippen LogP contribution in [0.25, 0.3) is 0 Å². The van der Waals surface area contributed by atoms with E-state index in [9.17, 15) is 14.4 Å². The summed E-state index contributed by atoms with van der Waals surface area (Å²) in [6.45, 7) is 0. The van der Waals surface area contributed by atoms with Crippen LogP contribution in [0, 0.1) is 11.8 Å². The van der Waals surface area contributed by atoms with E-state index < -0.39 is 12.1 Å². The molecule has 2 aliphatic rings. The van der Waals surface area contributed by atoms with Gasteiger partial charge in [0.25, 0.3) is 0 Å². The summed E-state index contributed by atoms with van der Waals surface area (Å²) in [5.41, 5.74) is 5.85. The van der Waals surface area contributed by atoms with E-state index in [2.05, 4.69) is 10.1 Å². The average molecular weight is 463 g/mol. The van der Waals surface area contributed by atoms with Crippen LogP contribution >= 0.6 is 12.4 Å². The van der Waals surface area contributed by atoms with E-state index in [0.717, 1.165) is 38.5 Å². The summed E-state index contributed by atoms with van der Waals surface area (Å²) in [4.78, 5) is 33.3. The minimum Gasteiger partial charge on any atom is -0.468 e. The van der Waals surface area contributed by atoms with Crippen molar-refractivity contribution in [2.75, 3.05) is 14.2 Å². The number of ether oxygens (including phenoxy) is 2. The minimum atomic E-state index is -0.458. The molecule has 0 aromatic rings. The summed E-state index contributed by atoms with van der Waals surface area (Å²) in [6, 6.07) is -0.862. The van der Waals surface area contributed by atoms with Crippen molar-refractivity contribution >= 4 is 30.8 Å². The van der Waals surface area contributed by atoms with Gasteiger partial charge in [0, 0.05) is 0 Å². The molecule has 0 aromatic carbocycles. The molecular formula is C23H43ClN2O5. The summed E-state index contributed by atoms with van der Waals surface area (Å²) in [6.07, 6.45) is 17.1. The molecule has 0 saturated heterocycles. The quantitative estimate of drug-likeness (QED) is 0.457. The number of hydrogen-bond donors (Lipinski definition) is 2. The van der Waals surface area contributed by atoms with Crippen molar-refractivity contribution in [3.05, 3.63) is 0 Å². The molecule has 8 heteroatoms. The molecule has 0 aromatic heterocycles. The van der Waals surface area contributed by atoms with E-state index in [-0.39, 0.29) is 30.3 Å². The Labute approximate surface area is 194 Å². The third kappa shape index (κ3) is 11.7. The number of rotatable bonds is 6. The van der Waals surface area contributed by atoms with Crippen LogP contribution in [-0.4, -0.2) is 44.7 Å². The lowest BCUT2D eigenvalue weighted by Crippen LogP contribution is -2.43. The summed E-state index contributed by atoms with van der Waals surface area (Å²) in [5, 5.41) is 2.60. The molecule has 2 unspecified atom stereocenters. The fraction of sp³-hybridized carbons (Fsp3) is 0.870. The molecule has 1 amide bonds. The van der Waals surface area contributed by atoms with Gasteiger partial charge in [0.1, 0.15) is 12.1 Å². The first kappa shape index (κ1) is 29.7. The van der Waals surface area contributed by atoms with Crippen LogP contribution in [0.4, 0.5) is 0 Å². The molecule has 2 rings (SSSR count). The number of amides is 1. The molecule has 0 radical (unpaired) electrons. The Kier molecular flexibility index (Phi) is 17.5. The highest BCUT2D eigenvalue weighted by molar-refractivity contribution is 5.85. The van der Waals surface area contributed by atoms with E-state index in [1.165, 1.54) is 65.6 Å². The van der Waals surface area contributed by atoms with Gasteiger partial charge in [-0.1, -0.05) is 64.2 Å². The van der Waals surface area contributed by atoms with Crippen molar-refractivity contribution in [1.29, 1.82) is 0 Å². The fourth-order valence-corrected chi connectivity index (χ4v) is 4.59. The number of carbonyl (C=O) groups excluding carboxylic acids is 3. The monoisotopic (exact) mass is 462 g/mol. The standard InChI is InChI=1S/C12H21NO3.C11H21NO2.ClH/c1-16-12(15)11(13-9-14)10-7-5-3-2-4-6-8-10;1-14-11(13)10(12)9-7-5-3-2-4-6-8-9;/h9-11H,2-8H2,1H3,(H,13,14);9-10H,2-8,12H2,1H3;1H. The van der Waals surface area contributed by atoms with Crippen molar-refractivity contribution in [2.24, 2.45) is 17.6 Å². The summed E-state index contributed by atoms with van der Waals surface area (Å²) in [5.74, 6) is -0.00560. The predicted molar refractivity (Wildman–Crippen MR) is 124 cm³/mol. The molecule has 31 heavy (non-hydrogen) atoms. The molecule has 2 fully saturated rings. The Morgan fingerprint density at radius 3 is 1.55 bits per heavy atom. The zero-order chi connectivity index (χ0) is 22.2. The zero-order valence-corrected chi connectivity index (χ0v) is 20.1. The molecule has 0 spiro atoms. The minimum absolute atomic E-state index is 0. The van der Waals surface area contributed by atoms with E-state index in [1.807, 2.05) is 0 Å². The Balaban J connectivity index is 0.000000567. The smallest absolute Gasteiger partial charge is 0.328 e. The third-order valence-electron chi connectivity index (χ3n) is 6.46. The number of halogens is 1. The van der Waals surface area contributed by atoms with Crippen LogP contribution in [0.3, 0.4) is 0 Å². The summed E-state index contributed by atoms with van der Waals surface area (Å²) in [7, 11) is 2.77. The highest BCUT2D eigenvalue weighted by Crippen LogP contribution is 2.26. The first-order chi connectivity index (χ1) is 14.5. The molecule has 2 aliphatic carbocycles. The molecule has 7 nitrogen and oxygen atoms in total. The molecule has 0 bridgehead atoms. The van der Waals surface area contributed by atoms with Gasteiger partial charge in [-0.3, -0.25) is 9.59 Å². The average Bonchev–Trinajstić information content (AvgIpc) is 2.71. The van der Waals surface area contributed by atoms with Gasteiger partial charge >= 0.3 is 11.9 Å². The predicted octanol–water partition coefficient (Wildman–Crippen LogP) is 3.90. The first-order valence-corrected chi connectivity index (χ1v) is 11.7. The highest BCUT2D eigenvalue weighted by Gasteiger charge is 2.28. The second-order valence-corrected chi connectivity index (χ2v) is 8.54. The normalized spacial score (nSPS) is 20.5. The Hall–Kier alpha value is -1.34. The number of methoxy groups -OCH3 is 2. The zero-order valence-electron chi connectivity index (χ0n) is 19.3. The van der Waals surface area contributed by atoms with Crippen LogP contribution in [0.15, 0.2) is 0 Å². The maximum atomic E-state index is 11.6. The van der Waals surface area contributed by atoms with E-state index in [4.69, 9.17) is 10.5 Å². The van der Waals surface area contributed by atoms with Crippen molar-refractivity contribution in [3.8, 4) is 0 Å². The SMILES string of the molecule is COC(=O)C(N)C1CCCCCCC1.COC(=O)C(NC=O)C1CCCCCCC1.Cl. The number of esters is 2. The molecular weight excluding hydrogens is 420 g/mol. The molecule has 2 saturated carbocycles. The van der Waals surface area contributed by atoms with Gasteiger partial charge < -0.3 is 20.5 Å². The number of carbonyl (C=O) groups is 3. The van der Waals surface area contributed by atoms with Gasteiger partial charge in [0.15, 0.2) is 0 Å². The van der Waals surface area contributed by atoms with E-state index >= 15 is 0 Å². The molecule has 3 N–H and O–H groups in total. The molecule has 182 valence electrons. The van der Waals surface area contributed by atoms with Gasteiger partial charge in [0.05, 0.1) is 14.2 Å². The van der Waals surface area contributed by atoms with Gasteiger partial charge in [-0.15, -0.1) is 12.4 Å². The second kappa shape index (κ2) is 18.3. The van der Waals surface area contributed by atoms with Gasteiger partial charge in [0.2, 0.25) is 6.41 Å². The van der Waals surface area contributed by atoms with Crippen LogP contribution in [-0.2, 0) is 23.9 Å². The lowest BCUT2D eigenvalue weighted by atomic mass is 9.86. The molecule has 2 atom stereocenters. The maximum Gasteiger partial charge on any atom is 0.328 e. The Morgan fingerprint density at radius 1 is 0.774 bits per heavy atom. The Morgan fingerprint density at radius 2 is 1.16 bits per heavy atom. The second-order valence-electron chi connectivity index (χ2n) is 8.54. The Bertz CT molecular complexity index is 490. The summed E-state index contributed by atoms with van der Waals surface area (Å²) < 4.78 is 9.40. The fourth-order valence-electron chi connectivity index (χ4n) is 4.59. The maximum absolute atomic E-state index is 11.6. The molecule has 0 aliphatic heterocycles. The lowest BCUT2D eigenvalue weighted by molar-refractivity contribution is -0.146. The lowest BCUT2D eigenvalue weighted by Gasteiger charge is -2.26. The van der Waals surface area contributed by atoms with Crippen LogP contribution in [0.5, 0.6) is 0 Å². The van der Waals surface area contributed by atoms with Crippen LogP contribution in [0.1, 0.15) is 89.9 Å². The van der Waals surface area contributed by atoms with Crippen molar-refractivity contribution in [3.63, 3.8) is 0 Å². The number of nitrogens with one attached hydrogen (secondary N) is 1. The molecule has 0 heterocycles. The van der Waals surface area contributed by atoms with Gasteiger partial charge in [-0.25, -0.2) is 4.79 Å². The van der Waals surface area contributed by atoms with Crippen molar-refractivity contribution in [1.82, 2.24) is 5.32 Å². The van der Waals surface area contributed by atoms with Crippen molar-refractivity contribution < 1.29 is 23.9 Å². The van der Waals surface area contributed by atoms with Gasteiger partial charge in [-0.2, -0.15) is 0 Å². The third-order valence-corrected chi connectivity index (χ3v) is 6.46. The van der Waals surface area contributed by atoms with E-state index in [0.29, 0.717) is 12.3 Å². The van der Waals surface area contributed by atoms with E-state index in [1.54, 1.807) is 0 Å².